The molecule has 2 aliphatic rings. The highest BCUT2D eigenvalue weighted by Crippen LogP contribution is 2.51. The van der Waals surface area contributed by atoms with Gasteiger partial charge in [0.1, 0.15) is 0 Å². The predicted octanol–water partition coefficient (Wildman–Crippen LogP) is 10.4. The normalized spacial score (nSPS) is 14.4. The first kappa shape index (κ1) is 24.5. The SMILES string of the molecule is CC1(C)c2ccccc2-c2cc3c(cc21)sc1cc(-c2c(C#N)cccc2-n2c4c(c5ccccc52)C=CCC4)c#cc13. The monoisotopic (exact) mass is 566 g/mol. The summed E-state index contributed by atoms with van der Waals surface area (Å²) in [5, 5.41) is 13.9. The third-order valence-electron chi connectivity index (χ3n) is 9.54. The molecule has 2 nitrogen and oxygen atoms in total. The molecule has 3 heteroatoms. The van der Waals surface area contributed by atoms with Crippen LogP contribution in [0.4, 0.5) is 0 Å². The van der Waals surface area contributed by atoms with Crippen LogP contribution in [0.15, 0.2) is 91.0 Å². The quantitative estimate of drug-likeness (QED) is 0.205. The van der Waals surface area contributed by atoms with Gasteiger partial charge in [-0.1, -0.05) is 86.7 Å². The number of aromatic nitrogens is 1. The van der Waals surface area contributed by atoms with Crippen LogP contribution in [-0.2, 0) is 11.8 Å². The topological polar surface area (TPSA) is 28.7 Å². The molecule has 43 heavy (non-hydrogen) atoms. The van der Waals surface area contributed by atoms with Crippen LogP contribution >= 0.6 is 11.3 Å². The Balaban J connectivity index is 1.28. The molecular formula is C40H26N2S. The molecule has 0 saturated heterocycles. The van der Waals surface area contributed by atoms with Crippen molar-refractivity contribution in [1.82, 2.24) is 4.57 Å². The Morgan fingerprint density at radius 3 is 2.60 bits per heavy atom. The first-order chi connectivity index (χ1) is 21.0. The predicted molar refractivity (Wildman–Crippen MR) is 179 cm³/mol. The van der Waals surface area contributed by atoms with Gasteiger partial charge in [0.15, 0.2) is 0 Å². The van der Waals surface area contributed by atoms with Crippen molar-refractivity contribution in [2.24, 2.45) is 0 Å². The van der Waals surface area contributed by atoms with Crippen LogP contribution < -0.4 is 0 Å². The van der Waals surface area contributed by atoms with Gasteiger partial charge in [0.2, 0.25) is 0 Å². The first-order valence-electron chi connectivity index (χ1n) is 14.8. The molecule has 0 saturated carbocycles. The van der Waals surface area contributed by atoms with Crippen LogP contribution in [0.2, 0.25) is 0 Å². The summed E-state index contributed by atoms with van der Waals surface area (Å²) in [5.74, 6) is 0. The van der Waals surface area contributed by atoms with Gasteiger partial charge >= 0.3 is 0 Å². The highest BCUT2D eigenvalue weighted by Gasteiger charge is 2.35. The molecule has 0 amide bonds. The molecule has 2 aromatic heterocycles. The lowest BCUT2D eigenvalue weighted by atomic mass is 9.82. The van der Waals surface area contributed by atoms with Crippen LogP contribution in [0.3, 0.4) is 0 Å². The Bertz CT molecular complexity index is 2390. The lowest BCUT2D eigenvalue weighted by Gasteiger charge is -2.21. The molecule has 0 spiro atoms. The number of rotatable bonds is 2. The van der Waals surface area contributed by atoms with E-state index >= 15 is 0 Å². The summed E-state index contributed by atoms with van der Waals surface area (Å²) in [6.07, 6.45) is 6.49. The molecule has 0 atom stereocenters. The van der Waals surface area contributed by atoms with Crippen molar-refractivity contribution in [3.8, 4) is 34.0 Å². The van der Waals surface area contributed by atoms with Crippen LogP contribution in [0.5, 0.6) is 0 Å². The van der Waals surface area contributed by atoms with Crippen molar-refractivity contribution in [3.63, 3.8) is 0 Å². The van der Waals surface area contributed by atoms with Gasteiger partial charge in [-0.15, -0.1) is 11.3 Å². The Morgan fingerprint density at radius 2 is 1.70 bits per heavy atom. The molecule has 2 heterocycles. The van der Waals surface area contributed by atoms with Gasteiger partial charge in [0.25, 0.3) is 0 Å². The second-order valence-corrected chi connectivity index (χ2v) is 13.3. The number of nitriles is 1. The number of benzene rings is 4. The third-order valence-corrected chi connectivity index (χ3v) is 10.6. The average molecular weight is 567 g/mol. The Morgan fingerprint density at radius 1 is 0.837 bits per heavy atom. The van der Waals surface area contributed by atoms with Crippen molar-refractivity contribution in [3.05, 3.63) is 131 Å². The summed E-state index contributed by atoms with van der Waals surface area (Å²) >= 11 is 1.81. The highest BCUT2D eigenvalue weighted by molar-refractivity contribution is 7.25. The van der Waals surface area contributed by atoms with Crippen molar-refractivity contribution in [1.29, 1.82) is 5.26 Å². The van der Waals surface area contributed by atoms with Crippen LogP contribution in [0, 0.1) is 23.5 Å². The number of thiophene rings is 1. The molecule has 0 bridgehead atoms. The van der Waals surface area contributed by atoms with E-state index in [-0.39, 0.29) is 5.41 Å². The zero-order chi connectivity index (χ0) is 28.9. The van der Waals surface area contributed by atoms with E-state index in [4.69, 9.17) is 0 Å². The fourth-order valence-corrected chi connectivity index (χ4v) is 8.65. The van der Waals surface area contributed by atoms with E-state index in [9.17, 15) is 5.26 Å². The molecule has 0 fully saturated rings. The van der Waals surface area contributed by atoms with E-state index in [0.717, 1.165) is 35.0 Å². The molecule has 202 valence electrons. The molecule has 0 aliphatic heterocycles. The largest absolute Gasteiger partial charge is 0.312 e. The highest BCUT2D eigenvalue weighted by atomic mass is 32.1. The number of fused-ring (bicyclic) bond motifs is 9. The number of nitrogens with zero attached hydrogens (tertiary/aromatic N) is 2. The Kier molecular flexibility index (Phi) is 4.97. The number of hydrogen-bond donors (Lipinski definition) is 0. The first-order valence-corrected chi connectivity index (χ1v) is 15.6. The van der Waals surface area contributed by atoms with Crippen LogP contribution in [0.25, 0.3) is 65.1 Å². The van der Waals surface area contributed by atoms with Gasteiger partial charge in [-0.05, 0) is 71.5 Å². The molecule has 0 N–H and O–H groups in total. The minimum atomic E-state index is -0.0359. The number of hydrogen-bond acceptors (Lipinski definition) is 2. The standard InChI is InChI=1S/C40H26N2S/c1-40(2)32-14-6-3-11-26(32)30-21-31-29-19-18-24(20-37(29)43-38(31)22-33(30)40)39-25(23-41)10-9-17-36(39)42-34-15-7-4-12-27(34)28-13-5-8-16-35(28)42/h3-7,9-15,17,20-22H,8,16H2,1-2H3. The van der Waals surface area contributed by atoms with Crippen molar-refractivity contribution < 1.29 is 0 Å². The van der Waals surface area contributed by atoms with E-state index in [0.29, 0.717) is 5.56 Å². The molecule has 0 unspecified atom stereocenters. The van der Waals surface area contributed by atoms with Gasteiger partial charge in [-0.25, -0.2) is 0 Å². The van der Waals surface area contributed by atoms with Gasteiger partial charge in [-0.3, -0.25) is 0 Å². The summed E-state index contributed by atoms with van der Waals surface area (Å²) in [7, 11) is 0. The smallest absolute Gasteiger partial charge is 0.0999 e. The molecule has 0 radical (unpaired) electrons. The fraction of sp³-hybridized carbons (Fsp3) is 0.125. The zero-order valence-electron chi connectivity index (χ0n) is 24.0. The van der Waals surface area contributed by atoms with E-state index < -0.39 is 0 Å². The van der Waals surface area contributed by atoms with Gasteiger partial charge < -0.3 is 4.57 Å². The van der Waals surface area contributed by atoms with Crippen LogP contribution in [0.1, 0.15) is 48.2 Å². The number of allylic oxidation sites excluding steroid dienone is 1. The molecule has 5 aromatic carbocycles. The van der Waals surface area contributed by atoms with E-state index in [1.807, 2.05) is 23.5 Å². The van der Waals surface area contributed by atoms with Crippen molar-refractivity contribution >= 4 is 48.5 Å². The Hall–Kier alpha value is -5.09. The summed E-state index contributed by atoms with van der Waals surface area (Å²) in [4.78, 5) is 0. The van der Waals surface area contributed by atoms with Crippen molar-refractivity contribution in [2.45, 2.75) is 32.1 Å². The molecule has 7 aromatic rings. The lowest BCUT2D eigenvalue weighted by Crippen LogP contribution is -2.14. The summed E-state index contributed by atoms with van der Waals surface area (Å²) < 4.78 is 4.80. The molecule has 2 aliphatic carbocycles. The maximum Gasteiger partial charge on any atom is 0.0999 e. The summed E-state index contributed by atoms with van der Waals surface area (Å²) in [6, 6.07) is 40.0. The van der Waals surface area contributed by atoms with Crippen LogP contribution in [-0.4, -0.2) is 4.57 Å². The second kappa shape index (κ2) is 8.71. The van der Waals surface area contributed by atoms with E-state index in [2.05, 4.69) is 122 Å². The zero-order valence-corrected chi connectivity index (χ0v) is 24.8. The van der Waals surface area contributed by atoms with Gasteiger partial charge in [0, 0.05) is 48.0 Å². The summed E-state index contributed by atoms with van der Waals surface area (Å²) in [6.45, 7) is 4.66. The maximum absolute atomic E-state index is 10.3. The second-order valence-electron chi connectivity index (χ2n) is 12.2. The molecule has 9 rings (SSSR count). The fourth-order valence-electron chi connectivity index (χ4n) is 7.52. The van der Waals surface area contributed by atoms with Crippen molar-refractivity contribution in [2.75, 3.05) is 0 Å². The Labute approximate surface area is 254 Å². The minimum Gasteiger partial charge on any atom is -0.312 e. The van der Waals surface area contributed by atoms with Gasteiger partial charge in [-0.2, -0.15) is 5.26 Å². The minimum absolute atomic E-state index is 0.0359. The lowest BCUT2D eigenvalue weighted by molar-refractivity contribution is 0.661. The molecular weight excluding hydrogens is 541 g/mol. The third kappa shape index (κ3) is 3.29. The van der Waals surface area contributed by atoms with Gasteiger partial charge in [0.05, 0.1) is 28.2 Å². The summed E-state index contributed by atoms with van der Waals surface area (Å²) in [5.41, 5.74) is 12.6. The van der Waals surface area contributed by atoms with E-state index in [1.165, 1.54) is 59.2 Å². The average Bonchev–Trinajstić information content (AvgIpc) is 3.65. The number of para-hydroxylation sites is 1. The van der Waals surface area contributed by atoms with E-state index in [1.54, 1.807) is 0 Å². The maximum atomic E-state index is 10.3.